The Kier molecular flexibility index (Phi) is 8.43. The minimum atomic E-state index is -0.294. The van der Waals surface area contributed by atoms with E-state index < -0.39 is 0 Å². The van der Waals surface area contributed by atoms with Gasteiger partial charge in [-0.05, 0) is 47.5 Å². The molecule has 136 valence electrons. The Labute approximate surface area is 141 Å². The second-order valence-corrected chi connectivity index (χ2v) is 7.46. The predicted octanol–water partition coefficient (Wildman–Crippen LogP) is 3.20. The maximum absolute atomic E-state index is 11.6. The quantitative estimate of drug-likeness (QED) is 0.671. The van der Waals surface area contributed by atoms with E-state index in [1.54, 1.807) is 7.11 Å². The van der Waals surface area contributed by atoms with E-state index in [0.29, 0.717) is 13.2 Å². The van der Waals surface area contributed by atoms with Crippen molar-refractivity contribution < 1.29 is 19.1 Å². The van der Waals surface area contributed by atoms with Gasteiger partial charge in [-0.15, -0.1) is 0 Å². The van der Waals surface area contributed by atoms with E-state index in [9.17, 15) is 9.59 Å². The zero-order chi connectivity index (χ0) is 17.0. The van der Waals surface area contributed by atoms with Crippen molar-refractivity contribution in [3.05, 3.63) is 0 Å². The van der Waals surface area contributed by atoms with Gasteiger partial charge in [0.15, 0.2) is 0 Å². The number of carbonyl (C=O) groups excluding carboxylic acids is 2. The molecular weight excluding hydrogens is 294 g/mol. The first-order valence-electron chi connectivity index (χ1n) is 8.04. The highest BCUT2D eigenvalue weighted by Gasteiger charge is 2.45. The number of ether oxygens (including phenoxy) is 2. The number of piperidine rings is 1. The van der Waals surface area contributed by atoms with Gasteiger partial charge in [-0.2, -0.15) is 0 Å². The SMILES string of the molecule is C.COC1CC(C)(C)N(CCOC(=O)CCC(C)=O)C(C)(C)C1. The molecule has 1 fully saturated rings. The summed E-state index contributed by atoms with van der Waals surface area (Å²) in [5.74, 6) is -0.279. The molecule has 1 aliphatic rings. The molecule has 23 heavy (non-hydrogen) atoms. The smallest absolute Gasteiger partial charge is 0.306 e. The average molecular weight is 329 g/mol. The van der Waals surface area contributed by atoms with E-state index in [0.717, 1.165) is 12.8 Å². The molecule has 0 aromatic rings. The topological polar surface area (TPSA) is 55.8 Å². The molecule has 0 aliphatic carbocycles. The number of esters is 1. The fraction of sp³-hybridized carbons (Fsp3) is 0.889. The Balaban J connectivity index is 0.00000484. The third-order valence-electron chi connectivity index (χ3n) is 4.51. The summed E-state index contributed by atoms with van der Waals surface area (Å²) in [6.45, 7) is 11.4. The second kappa shape index (κ2) is 8.78. The van der Waals surface area contributed by atoms with Gasteiger partial charge in [0.1, 0.15) is 12.4 Å². The minimum Gasteiger partial charge on any atom is -0.464 e. The molecule has 0 saturated carbocycles. The van der Waals surface area contributed by atoms with E-state index in [1.165, 1.54) is 6.92 Å². The lowest BCUT2D eigenvalue weighted by atomic mass is 9.78. The Bertz CT molecular complexity index is 386. The highest BCUT2D eigenvalue weighted by molar-refractivity contribution is 5.80. The summed E-state index contributed by atoms with van der Waals surface area (Å²) in [5, 5.41) is 0. The summed E-state index contributed by atoms with van der Waals surface area (Å²) in [6, 6.07) is 0. The molecule has 0 aromatic heterocycles. The molecule has 0 unspecified atom stereocenters. The van der Waals surface area contributed by atoms with Crippen LogP contribution in [0.25, 0.3) is 0 Å². The van der Waals surface area contributed by atoms with Crippen LogP contribution >= 0.6 is 0 Å². The van der Waals surface area contributed by atoms with Gasteiger partial charge in [-0.1, -0.05) is 7.43 Å². The first-order chi connectivity index (χ1) is 10.1. The maximum Gasteiger partial charge on any atom is 0.306 e. The molecule has 0 radical (unpaired) electrons. The normalized spacial score (nSPS) is 20.6. The van der Waals surface area contributed by atoms with Crippen LogP contribution in [0.1, 0.15) is 67.7 Å². The summed E-state index contributed by atoms with van der Waals surface area (Å²) in [4.78, 5) is 24.9. The average Bonchev–Trinajstić information content (AvgIpc) is 2.38. The van der Waals surface area contributed by atoms with Crippen LogP contribution < -0.4 is 0 Å². The van der Waals surface area contributed by atoms with E-state index in [4.69, 9.17) is 9.47 Å². The number of hydrogen-bond donors (Lipinski definition) is 0. The number of nitrogens with zero attached hydrogens (tertiary/aromatic N) is 1. The van der Waals surface area contributed by atoms with E-state index in [1.807, 2.05) is 0 Å². The molecule has 0 aromatic carbocycles. The van der Waals surface area contributed by atoms with Crippen LogP contribution in [0.3, 0.4) is 0 Å². The van der Waals surface area contributed by atoms with E-state index in [-0.39, 0.29) is 49.2 Å². The number of ketones is 1. The lowest BCUT2D eigenvalue weighted by Gasteiger charge is -2.55. The highest BCUT2D eigenvalue weighted by atomic mass is 16.5. The van der Waals surface area contributed by atoms with Crippen molar-refractivity contribution in [1.29, 1.82) is 0 Å². The zero-order valence-corrected chi connectivity index (χ0v) is 14.9. The van der Waals surface area contributed by atoms with Crippen LogP contribution in [-0.2, 0) is 19.1 Å². The lowest BCUT2D eigenvalue weighted by Crippen LogP contribution is -2.62. The van der Waals surface area contributed by atoms with Crippen molar-refractivity contribution >= 4 is 11.8 Å². The summed E-state index contributed by atoms with van der Waals surface area (Å²) in [7, 11) is 1.77. The number of Topliss-reactive ketones (excluding diaryl/α,β-unsaturated/α-hetero) is 1. The summed E-state index contributed by atoms with van der Waals surface area (Å²) in [5.41, 5.74) is -0.0115. The first kappa shape index (κ1) is 22.1. The second-order valence-electron chi connectivity index (χ2n) is 7.46. The standard InChI is InChI=1S/C17H31NO4.CH4/c1-13(19)7-8-15(20)22-10-9-18-16(2,3)11-14(21-6)12-17(18,4)5;/h14H,7-12H2,1-6H3;1H4. The Morgan fingerprint density at radius 1 is 1.09 bits per heavy atom. The molecular formula is C18H35NO4. The molecule has 5 nitrogen and oxygen atoms in total. The molecule has 1 saturated heterocycles. The van der Waals surface area contributed by atoms with Gasteiger partial charge in [0.25, 0.3) is 0 Å². The molecule has 0 atom stereocenters. The number of carbonyl (C=O) groups is 2. The molecule has 0 N–H and O–H groups in total. The summed E-state index contributed by atoms with van der Waals surface area (Å²) in [6.07, 6.45) is 2.62. The van der Waals surface area contributed by atoms with Crippen molar-refractivity contribution in [3.8, 4) is 0 Å². The van der Waals surface area contributed by atoms with Crippen LogP contribution in [0.15, 0.2) is 0 Å². The molecule has 5 heteroatoms. The number of likely N-dealkylation sites (tertiary alicyclic amines) is 1. The Morgan fingerprint density at radius 2 is 1.61 bits per heavy atom. The Hall–Kier alpha value is -0.940. The van der Waals surface area contributed by atoms with Gasteiger partial charge in [0, 0.05) is 31.2 Å². The van der Waals surface area contributed by atoms with E-state index in [2.05, 4.69) is 32.6 Å². The Morgan fingerprint density at radius 3 is 2.04 bits per heavy atom. The van der Waals surface area contributed by atoms with Crippen molar-refractivity contribution in [2.75, 3.05) is 20.3 Å². The van der Waals surface area contributed by atoms with Crippen molar-refractivity contribution in [2.45, 2.75) is 84.9 Å². The highest BCUT2D eigenvalue weighted by Crippen LogP contribution is 2.38. The number of hydrogen-bond acceptors (Lipinski definition) is 5. The summed E-state index contributed by atoms with van der Waals surface area (Å²) < 4.78 is 10.8. The van der Waals surface area contributed by atoms with E-state index >= 15 is 0 Å². The van der Waals surface area contributed by atoms with Gasteiger partial charge in [0.05, 0.1) is 12.5 Å². The molecule has 1 heterocycles. The minimum absolute atomic E-state index is 0. The van der Waals surface area contributed by atoms with Gasteiger partial charge in [-0.3, -0.25) is 9.69 Å². The van der Waals surface area contributed by atoms with Crippen LogP contribution in [-0.4, -0.2) is 54.1 Å². The molecule has 1 rings (SSSR count). The molecule has 0 bridgehead atoms. The van der Waals surface area contributed by atoms with Crippen LogP contribution in [0.4, 0.5) is 0 Å². The van der Waals surface area contributed by atoms with Gasteiger partial charge in [0.2, 0.25) is 0 Å². The fourth-order valence-corrected chi connectivity index (χ4v) is 3.60. The van der Waals surface area contributed by atoms with Gasteiger partial charge >= 0.3 is 5.97 Å². The van der Waals surface area contributed by atoms with Crippen LogP contribution in [0, 0.1) is 0 Å². The van der Waals surface area contributed by atoms with Crippen molar-refractivity contribution in [2.24, 2.45) is 0 Å². The van der Waals surface area contributed by atoms with Crippen LogP contribution in [0.5, 0.6) is 0 Å². The molecule has 0 amide bonds. The third-order valence-corrected chi connectivity index (χ3v) is 4.51. The molecule has 0 spiro atoms. The zero-order valence-electron chi connectivity index (χ0n) is 14.9. The van der Waals surface area contributed by atoms with Gasteiger partial charge < -0.3 is 14.3 Å². The van der Waals surface area contributed by atoms with Crippen molar-refractivity contribution in [1.82, 2.24) is 4.90 Å². The largest absolute Gasteiger partial charge is 0.464 e. The molecule has 1 aliphatic heterocycles. The van der Waals surface area contributed by atoms with Crippen LogP contribution in [0.2, 0.25) is 0 Å². The van der Waals surface area contributed by atoms with Gasteiger partial charge in [-0.25, -0.2) is 0 Å². The monoisotopic (exact) mass is 329 g/mol. The lowest BCUT2D eigenvalue weighted by molar-refractivity contribution is -0.148. The summed E-state index contributed by atoms with van der Waals surface area (Å²) >= 11 is 0. The maximum atomic E-state index is 11.6. The first-order valence-corrected chi connectivity index (χ1v) is 8.04. The predicted molar refractivity (Wildman–Crippen MR) is 92.5 cm³/mol. The third kappa shape index (κ3) is 6.60. The van der Waals surface area contributed by atoms with Crippen molar-refractivity contribution in [3.63, 3.8) is 0 Å². The fourth-order valence-electron chi connectivity index (χ4n) is 3.60. The number of rotatable bonds is 7. The number of methoxy groups -OCH3 is 1.